The van der Waals surface area contributed by atoms with Gasteiger partial charge in [-0.25, -0.2) is 4.79 Å². The Kier molecular flexibility index (Phi) is 4.06. The first kappa shape index (κ1) is 11.7. The van der Waals surface area contributed by atoms with Crippen molar-refractivity contribution in [2.75, 3.05) is 13.7 Å². The number of ketones is 1. The van der Waals surface area contributed by atoms with E-state index in [1.54, 1.807) is 12.1 Å². The van der Waals surface area contributed by atoms with Gasteiger partial charge in [0.15, 0.2) is 5.78 Å². The Hall–Kier alpha value is -2.33. The smallest absolute Gasteiger partial charge is 0.338 e. The average molecular weight is 219 g/mol. The van der Waals surface area contributed by atoms with Gasteiger partial charge in [0, 0.05) is 10.5 Å². The number of methoxy groups -OCH3 is 1. The topological polar surface area (TPSA) is 92.1 Å². The zero-order valence-corrected chi connectivity index (χ0v) is 8.58. The summed E-state index contributed by atoms with van der Waals surface area (Å²) >= 11 is 0. The minimum atomic E-state index is -0.593. The van der Waals surface area contributed by atoms with Crippen molar-refractivity contribution in [3.8, 4) is 0 Å². The van der Waals surface area contributed by atoms with Gasteiger partial charge in [-0.15, -0.1) is 0 Å². The van der Waals surface area contributed by atoms with Crippen LogP contribution >= 0.6 is 0 Å². The highest BCUT2D eigenvalue weighted by Crippen LogP contribution is 2.11. The third-order valence-electron chi connectivity index (χ3n) is 1.91. The molecule has 1 aromatic carbocycles. The first-order valence-electron chi connectivity index (χ1n) is 4.42. The molecule has 0 saturated carbocycles. The van der Waals surface area contributed by atoms with Crippen LogP contribution in [-0.4, -0.2) is 25.4 Å². The Morgan fingerprint density at radius 1 is 1.38 bits per heavy atom. The lowest BCUT2D eigenvalue weighted by Crippen LogP contribution is -2.12. The molecule has 82 valence electrons. The van der Waals surface area contributed by atoms with E-state index in [-0.39, 0.29) is 17.7 Å². The van der Waals surface area contributed by atoms with Gasteiger partial charge in [0.1, 0.15) is 0 Å². The van der Waals surface area contributed by atoms with E-state index in [9.17, 15) is 9.59 Å². The molecule has 16 heavy (non-hydrogen) atoms. The van der Waals surface area contributed by atoms with E-state index in [0.717, 1.165) is 0 Å². The highest BCUT2D eigenvalue weighted by atomic mass is 16.5. The summed E-state index contributed by atoms with van der Waals surface area (Å²) in [6.07, 6.45) is 0. The molecule has 6 heteroatoms. The third-order valence-corrected chi connectivity index (χ3v) is 1.91. The summed E-state index contributed by atoms with van der Waals surface area (Å²) in [4.78, 5) is 25.4. The monoisotopic (exact) mass is 219 g/mol. The fraction of sp³-hybridized carbons (Fsp3) is 0.200. The van der Waals surface area contributed by atoms with Crippen LogP contribution in [0.4, 0.5) is 0 Å². The maximum Gasteiger partial charge on any atom is 0.338 e. The summed E-state index contributed by atoms with van der Waals surface area (Å²) in [5.74, 6) is -1.01. The van der Waals surface area contributed by atoms with Crippen LogP contribution in [0.15, 0.2) is 29.4 Å². The third kappa shape index (κ3) is 2.59. The van der Waals surface area contributed by atoms with E-state index in [1.165, 1.54) is 19.2 Å². The average Bonchev–Trinajstić information content (AvgIpc) is 2.35. The summed E-state index contributed by atoms with van der Waals surface area (Å²) in [6.45, 7) is -0.315. The lowest BCUT2D eigenvalue weighted by Gasteiger charge is -2.04. The Morgan fingerprint density at radius 2 is 2.00 bits per heavy atom. The second kappa shape index (κ2) is 5.53. The molecule has 0 radical (unpaired) electrons. The molecular weight excluding hydrogens is 210 g/mol. The molecule has 0 atom stereocenters. The number of ether oxygens (including phenoxy) is 1. The highest BCUT2D eigenvalue weighted by molar-refractivity contribution is 6.07. The first-order valence-corrected chi connectivity index (χ1v) is 4.42. The van der Waals surface area contributed by atoms with E-state index >= 15 is 0 Å². The molecule has 0 bridgehead atoms. The van der Waals surface area contributed by atoms with Gasteiger partial charge in [-0.1, -0.05) is 23.3 Å². The number of carbonyl (C=O) groups is 2. The van der Waals surface area contributed by atoms with Crippen LogP contribution in [0.2, 0.25) is 0 Å². The van der Waals surface area contributed by atoms with Gasteiger partial charge in [0.05, 0.1) is 19.2 Å². The second-order valence-corrected chi connectivity index (χ2v) is 2.85. The Labute approximate surface area is 91.5 Å². The summed E-state index contributed by atoms with van der Waals surface area (Å²) < 4.78 is 4.54. The number of benzene rings is 1. The normalized spacial score (nSPS) is 9.06. The van der Waals surface area contributed by atoms with Gasteiger partial charge >= 0.3 is 5.97 Å². The van der Waals surface area contributed by atoms with E-state index in [1.807, 2.05) is 0 Å². The van der Waals surface area contributed by atoms with Crippen molar-refractivity contribution in [3.05, 3.63) is 45.8 Å². The number of Topliss-reactive ketones (excluding diaryl/α,β-unsaturated/α-hetero) is 1. The summed E-state index contributed by atoms with van der Waals surface area (Å²) in [6, 6.07) is 6.21. The van der Waals surface area contributed by atoms with Crippen LogP contribution in [0.3, 0.4) is 0 Å². The zero-order chi connectivity index (χ0) is 12.0. The molecule has 6 nitrogen and oxygen atoms in total. The minimum absolute atomic E-state index is 0.170. The molecule has 0 aliphatic rings. The Bertz CT molecular complexity index is 464. The molecule has 0 spiro atoms. The van der Waals surface area contributed by atoms with Gasteiger partial charge in [0.25, 0.3) is 0 Å². The van der Waals surface area contributed by atoms with Crippen LogP contribution in [0, 0.1) is 0 Å². The first-order chi connectivity index (χ1) is 7.70. The molecule has 0 heterocycles. The summed E-state index contributed by atoms with van der Waals surface area (Å²) in [5.41, 5.74) is 8.47. The lowest BCUT2D eigenvalue weighted by molar-refractivity contribution is 0.0597. The largest absolute Gasteiger partial charge is 0.465 e. The van der Waals surface area contributed by atoms with Crippen molar-refractivity contribution >= 4 is 11.8 Å². The van der Waals surface area contributed by atoms with Crippen molar-refractivity contribution in [2.45, 2.75) is 0 Å². The van der Waals surface area contributed by atoms with Crippen LogP contribution in [0.5, 0.6) is 0 Å². The Balaban J connectivity index is 3.07. The van der Waals surface area contributed by atoms with Gasteiger partial charge in [0.2, 0.25) is 0 Å². The number of rotatable bonds is 4. The maximum absolute atomic E-state index is 11.6. The molecule has 0 N–H and O–H groups in total. The number of azide groups is 1. The van der Waals surface area contributed by atoms with Crippen LogP contribution < -0.4 is 0 Å². The molecule has 1 rings (SSSR count). The van der Waals surface area contributed by atoms with Crippen molar-refractivity contribution in [2.24, 2.45) is 5.11 Å². The predicted molar refractivity (Wildman–Crippen MR) is 56.1 cm³/mol. The Morgan fingerprint density at radius 3 is 2.56 bits per heavy atom. The van der Waals surface area contributed by atoms with Gasteiger partial charge < -0.3 is 4.74 Å². The second-order valence-electron chi connectivity index (χ2n) is 2.85. The minimum Gasteiger partial charge on any atom is -0.465 e. The lowest BCUT2D eigenvalue weighted by atomic mass is 10.0. The molecule has 0 aliphatic heterocycles. The molecule has 0 saturated heterocycles. The van der Waals surface area contributed by atoms with Gasteiger partial charge in [-0.05, 0) is 11.6 Å². The molecule has 0 aliphatic carbocycles. The summed E-state index contributed by atoms with van der Waals surface area (Å²) in [7, 11) is 1.23. The molecular formula is C10H9N3O3. The van der Waals surface area contributed by atoms with Crippen LogP contribution in [0.1, 0.15) is 20.7 Å². The number of carbonyl (C=O) groups excluding carboxylic acids is 2. The van der Waals surface area contributed by atoms with Crippen LogP contribution in [0.25, 0.3) is 10.4 Å². The molecule has 0 unspecified atom stereocenters. The number of esters is 1. The van der Waals surface area contributed by atoms with E-state index in [4.69, 9.17) is 5.53 Å². The fourth-order valence-corrected chi connectivity index (χ4v) is 1.20. The van der Waals surface area contributed by atoms with Gasteiger partial charge in [-0.3, -0.25) is 4.79 Å². The number of nitrogens with zero attached hydrogens (tertiary/aromatic N) is 3. The number of hydrogen-bond acceptors (Lipinski definition) is 4. The van der Waals surface area contributed by atoms with Crippen molar-refractivity contribution in [1.82, 2.24) is 0 Å². The van der Waals surface area contributed by atoms with E-state index < -0.39 is 11.8 Å². The molecule has 0 aromatic heterocycles. The van der Waals surface area contributed by atoms with E-state index in [0.29, 0.717) is 0 Å². The van der Waals surface area contributed by atoms with Crippen molar-refractivity contribution < 1.29 is 14.3 Å². The van der Waals surface area contributed by atoms with Crippen LogP contribution in [-0.2, 0) is 4.74 Å². The zero-order valence-electron chi connectivity index (χ0n) is 8.58. The number of hydrogen-bond donors (Lipinski definition) is 0. The molecule has 0 fully saturated rings. The van der Waals surface area contributed by atoms with Crippen molar-refractivity contribution in [1.29, 1.82) is 0 Å². The van der Waals surface area contributed by atoms with Crippen molar-refractivity contribution in [3.63, 3.8) is 0 Å². The highest BCUT2D eigenvalue weighted by Gasteiger charge is 2.15. The molecule has 0 amide bonds. The standard InChI is InChI=1S/C10H9N3O3/c1-16-10(15)8-5-3-2-4-7(8)9(14)6-12-13-11/h2-5H,6H2,1H3. The summed E-state index contributed by atoms with van der Waals surface area (Å²) in [5, 5.41) is 3.15. The maximum atomic E-state index is 11.6. The predicted octanol–water partition coefficient (Wildman–Crippen LogP) is 1.97. The molecule has 1 aromatic rings. The quantitative estimate of drug-likeness (QED) is 0.255. The van der Waals surface area contributed by atoms with E-state index in [2.05, 4.69) is 14.8 Å². The fourth-order valence-electron chi connectivity index (χ4n) is 1.20. The van der Waals surface area contributed by atoms with Gasteiger partial charge in [-0.2, -0.15) is 0 Å². The SMILES string of the molecule is COC(=O)c1ccccc1C(=O)CN=[N+]=[N-].